The molecule has 0 spiro atoms. The molecule has 0 radical (unpaired) electrons. The normalized spacial score (nSPS) is 12.5. The summed E-state index contributed by atoms with van der Waals surface area (Å²) in [5, 5.41) is 4.17. The van der Waals surface area contributed by atoms with E-state index in [-0.39, 0.29) is 0 Å². The van der Waals surface area contributed by atoms with Crippen molar-refractivity contribution in [3.05, 3.63) is 0 Å². The minimum absolute atomic E-state index is 0.525. The molecule has 10 heavy (non-hydrogen) atoms. The van der Waals surface area contributed by atoms with Crippen LogP contribution in [0.4, 0.5) is 0 Å². The van der Waals surface area contributed by atoms with Crippen LogP contribution in [-0.4, -0.2) is 23.7 Å². The molecule has 3 nitrogen and oxygen atoms in total. The number of amidine groups is 1. The van der Waals surface area contributed by atoms with Crippen LogP contribution in [0.2, 0.25) is 0 Å². The second-order valence-corrected chi connectivity index (χ2v) is 2.19. The van der Waals surface area contributed by atoms with Crippen molar-refractivity contribution in [2.75, 3.05) is 12.9 Å². The summed E-state index contributed by atoms with van der Waals surface area (Å²) in [4.78, 5) is 8.44. The fourth-order valence-electron chi connectivity index (χ4n) is 0.275. The Morgan fingerprint density at radius 1 is 1.80 bits per heavy atom. The van der Waals surface area contributed by atoms with E-state index in [2.05, 4.69) is 10.1 Å². The number of aliphatic imine (C=N–C) groups is 1. The van der Waals surface area contributed by atoms with Gasteiger partial charge in [-0.15, -0.1) is 0 Å². The summed E-state index contributed by atoms with van der Waals surface area (Å²) in [5.74, 6) is 0. The van der Waals surface area contributed by atoms with Crippen molar-refractivity contribution >= 4 is 34.2 Å². The molecule has 0 aliphatic heterocycles. The van der Waals surface area contributed by atoms with Crippen molar-refractivity contribution in [2.24, 2.45) is 10.1 Å². The topological polar surface area (TPSA) is 34.0 Å². The van der Waals surface area contributed by atoms with Gasteiger partial charge in [-0.25, -0.2) is 4.99 Å². The zero-order chi connectivity index (χ0) is 7.82. The van der Waals surface area contributed by atoms with E-state index in [4.69, 9.17) is 16.4 Å². The number of nitrogens with zero attached hydrogens (tertiary/aromatic N) is 2. The van der Waals surface area contributed by atoms with Crippen molar-refractivity contribution in [2.45, 2.75) is 6.92 Å². The molecule has 0 rings (SSSR count). The first kappa shape index (κ1) is 9.78. The predicted molar refractivity (Wildman–Crippen MR) is 46.9 cm³/mol. The van der Waals surface area contributed by atoms with E-state index in [1.54, 1.807) is 0 Å². The highest BCUT2D eigenvalue weighted by Gasteiger charge is 1.89. The van der Waals surface area contributed by atoms with Gasteiger partial charge in [0.2, 0.25) is 5.17 Å². The lowest BCUT2D eigenvalue weighted by Crippen LogP contribution is -1.88. The first-order valence-corrected chi connectivity index (χ1v) is 4.38. The molecule has 0 aliphatic rings. The lowest BCUT2D eigenvalue weighted by Gasteiger charge is -1.93. The van der Waals surface area contributed by atoms with Crippen LogP contribution in [-0.2, 0) is 4.84 Å². The maximum Gasteiger partial charge on any atom is 0.226 e. The smallest absolute Gasteiger partial charge is 0.226 e. The molecular formula is C5H9ClN2OS. The number of hydrogen-bond acceptors (Lipinski definition) is 3. The summed E-state index contributed by atoms with van der Waals surface area (Å²) in [6.45, 7) is 2.40. The van der Waals surface area contributed by atoms with Gasteiger partial charge in [-0.05, 0) is 13.2 Å². The molecule has 0 atom stereocenters. The molecule has 0 bridgehead atoms. The summed E-state index contributed by atoms with van der Waals surface area (Å²) in [5.41, 5.74) is 1.16. The molecule has 0 unspecified atom stereocenters. The van der Waals surface area contributed by atoms with E-state index in [0.29, 0.717) is 11.8 Å². The molecule has 0 heterocycles. The average molecular weight is 181 g/mol. The van der Waals surface area contributed by atoms with Gasteiger partial charge in [0.25, 0.3) is 0 Å². The molecule has 0 aliphatic carbocycles. The summed E-state index contributed by atoms with van der Waals surface area (Å²) in [6.07, 6.45) is 1.85. The molecule has 0 aromatic rings. The Balaban J connectivity index is 3.78. The van der Waals surface area contributed by atoms with Crippen LogP contribution in [0, 0.1) is 0 Å². The lowest BCUT2D eigenvalue weighted by molar-refractivity contribution is 0.159. The zero-order valence-corrected chi connectivity index (χ0v) is 7.45. The number of hydrogen-bond donors (Lipinski definition) is 0. The second-order valence-electron chi connectivity index (χ2n) is 1.22. The second kappa shape index (κ2) is 6.89. The third-order valence-corrected chi connectivity index (χ3v) is 1.26. The third kappa shape index (κ3) is 4.64. The Kier molecular flexibility index (Phi) is 6.74. The quantitative estimate of drug-likeness (QED) is 0.370. The van der Waals surface area contributed by atoms with Crippen LogP contribution >= 0.6 is 23.4 Å². The molecule has 0 saturated heterocycles. The van der Waals surface area contributed by atoms with E-state index in [1.807, 2.05) is 13.2 Å². The number of rotatable bonds is 2. The van der Waals surface area contributed by atoms with Gasteiger partial charge in [0.1, 0.15) is 6.61 Å². The van der Waals surface area contributed by atoms with Gasteiger partial charge < -0.3 is 4.84 Å². The third-order valence-electron chi connectivity index (χ3n) is 0.614. The van der Waals surface area contributed by atoms with Crippen LogP contribution in [0.5, 0.6) is 0 Å². The number of halogens is 1. The summed E-state index contributed by atoms with van der Waals surface area (Å²) >= 11 is 6.59. The van der Waals surface area contributed by atoms with Gasteiger partial charge in [0.15, 0.2) is 0 Å². The van der Waals surface area contributed by atoms with E-state index in [1.165, 1.54) is 11.8 Å². The van der Waals surface area contributed by atoms with E-state index >= 15 is 0 Å². The van der Waals surface area contributed by atoms with Crippen LogP contribution in [0.15, 0.2) is 10.1 Å². The van der Waals surface area contributed by atoms with E-state index in [0.717, 1.165) is 5.67 Å². The molecule has 0 fully saturated rings. The molecule has 5 heteroatoms. The van der Waals surface area contributed by atoms with Crippen molar-refractivity contribution in [3.63, 3.8) is 0 Å². The highest BCUT2D eigenvalue weighted by molar-refractivity contribution is 8.13. The Bertz CT molecular complexity index is 138. The highest BCUT2D eigenvalue weighted by Crippen LogP contribution is 1.99. The molecular weight excluding hydrogens is 172 g/mol. The van der Waals surface area contributed by atoms with Gasteiger partial charge in [-0.3, -0.25) is 0 Å². The summed E-state index contributed by atoms with van der Waals surface area (Å²) < 4.78 is 0. The van der Waals surface area contributed by atoms with Crippen molar-refractivity contribution in [3.8, 4) is 0 Å². The number of oxime groups is 1. The molecule has 0 amide bonds. The van der Waals surface area contributed by atoms with Gasteiger partial charge in [-0.2, -0.15) is 0 Å². The molecule has 0 saturated carbocycles. The minimum atomic E-state index is 0.525. The molecule has 0 N–H and O–H groups in total. The van der Waals surface area contributed by atoms with Crippen LogP contribution in [0.25, 0.3) is 0 Å². The largest absolute Gasteiger partial charge is 0.394 e. The minimum Gasteiger partial charge on any atom is -0.394 e. The van der Waals surface area contributed by atoms with Crippen molar-refractivity contribution in [1.29, 1.82) is 0 Å². The van der Waals surface area contributed by atoms with Crippen LogP contribution in [0.1, 0.15) is 6.92 Å². The molecule has 0 aromatic carbocycles. The first-order chi connectivity index (χ1) is 4.85. The van der Waals surface area contributed by atoms with Crippen molar-refractivity contribution < 1.29 is 4.84 Å². The highest BCUT2D eigenvalue weighted by atomic mass is 35.5. The Morgan fingerprint density at radius 3 is 2.90 bits per heavy atom. The summed E-state index contributed by atoms with van der Waals surface area (Å²) in [6, 6.07) is 0. The first-order valence-electron chi connectivity index (χ1n) is 2.71. The van der Waals surface area contributed by atoms with Crippen LogP contribution < -0.4 is 0 Å². The Hall–Kier alpha value is -0.220. The van der Waals surface area contributed by atoms with Crippen molar-refractivity contribution in [1.82, 2.24) is 0 Å². The van der Waals surface area contributed by atoms with Gasteiger partial charge >= 0.3 is 0 Å². The lowest BCUT2D eigenvalue weighted by atomic mass is 10.9. The monoisotopic (exact) mass is 180 g/mol. The van der Waals surface area contributed by atoms with Crippen LogP contribution in [0.3, 0.4) is 0 Å². The van der Waals surface area contributed by atoms with E-state index < -0.39 is 0 Å². The maximum absolute atomic E-state index is 5.21. The Labute approximate surface area is 69.5 Å². The zero-order valence-electron chi connectivity index (χ0n) is 5.87. The van der Waals surface area contributed by atoms with Gasteiger partial charge in [0, 0.05) is 0 Å². The maximum atomic E-state index is 5.21. The molecule has 58 valence electrons. The fraction of sp³-hybridized carbons (Fsp3) is 0.600. The molecule has 0 aromatic heterocycles. The SMILES string of the molecule is CCO/N=C(\N=CCl)SC. The predicted octanol–water partition coefficient (Wildman–Crippen LogP) is 1.92. The van der Waals surface area contributed by atoms with Gasteiger partial charge in [-0.1, -0.05) is 28.5 Å². The standard InChI is InChI=1S/C5H9ClN2OS/c1-3-9-8-5(10-2)7-4-6/h4H,3H2,1-2H3/b7-4?,8-5+. The average Bonchev–Trinajstić information content (AvgIpc) is 1.98. The summed E-state index contributed by atoms with van der Waals surface area (Å²) in [7, 11) is 0. The van der Waals surface area contributed by atoms with Gasteiger partial charge in [0.05, 0.1) is 5.67 Å². The fourth-order valence-corrected chi connectivity index (χ4v) is 0.711. The van der Waals surface area contributed by atoms with E-state index in [9.17, 15) is 0 Å². The number of thioether (sulfide) groups is 1. The Morgan fingerprint density at radius 2 is 2.50 bits per heavy atom.